The summed E-state index contributed by atoms with van der Waals surface area (Å²) in [6, 6.07) is 14.1. The number of rotatable bonds is 10. The second-order valence-electron chi connectivity index (χ2n) is 6.97. The van der Waals surface area contributed by atoms with E-state index in [1.165, 1.54) is 6.07 Å². The monoisotopic (exact) mass is 373 g/mol. The molecule has 1 N–H and O–H groups in total. The van der Waals surface area contributed by atoms with E-state index in [0.29, 0.717) is 49.7 Å². The Labute approximate surface area is 160 Å². The molecule has 5 heteroatoms. The van der Waals surface area contributed by atoms with Crippen LogP contribution in [0.3, 0.4) is 0 Å². The van der Waals surface area contributed by atoms with Crippen molar-refractivity contribution >= 4 is 5.91 Å². The number of halogens is 1. The maximum absolute atomic E-state index is 14.0. The van der Waals surface area contributed by atoms with E-state index in [0.717, 1.165) is 0 Å². The number of para-hydroxylation sites is 2. The van der Waals surface area contributed by atoms with Crippen molar-refractivity contribution in [2.24, 2.45) is 0 Å². The normalized spacial score (nSPS) is 11.1. The third-order valence-electron chi connectivity index (χ3n) is 4.29. The van der Waals surface area contributed by atoms with Gasteiger partial charge in [-0.3, -0.25) is 4.79 Å². The molecule has 2 rings (SSSR count). The van der Waals surface area contributed by atoms with Gasteiger partial charge in [-0.05, 0) is 37.1 Å². The zero-order chi connectivity index (χ0) is 19.7. The first kappa shape index (κ1) is 20.7. The number of hydrogen-bond acceptors (Lipinski definition) is 3. The Kier molecular flexibility index (Phi) is 7.65. The molecule has 0 unspecified atom stereocenters. The maximum Gasteiger partial charge on any atom is 0.220 e. The van der Waals surface area contributed by atoms with Crippen LogP contribution in [0.15, 0.2) is 48.5 Å². The molecule has 146 valence electrons. The maximum atomic E-state index is 14.0. The minimum Gasteiger partial charge on any atom is -0.490 e. The Balaban J connectivity index is 1.75. The molecule has 4 nitrogen and oxygen atoms in total. The number of benzene rings is 2. The Morgan fingerprint density at radius 1 is 1.04 bits per heavy atom. The first-order valence-electron chi connectivity index (χ1n) is 9.30. The van der Waals surface area contributed by atoms with E-state index in [4.69, 9.17) is 9.47 Å². The van der Waals surface area contributed by atoms with Gasteiger partial charge in [0.25, 0.3) is 0 Å². The van der Waals surface area contributed by atoms with Gasteiger partial charge >= 0.3 is 0 Å². The van der Waals surface area contributed by atoms with Crippen LogP contribution in [0.25, 0.3) is 0 Å². The highest BCUT2D eigenvalue weighted by Gasteiger charge is 2.24. The molecule has 0 aliphatic rings. The summed E-state index contributed by atoms with van der Waals surface area (Å²) in [5.41, 5.74) is 0.120. The molecule has 0 fully saturated rings. The van der Waals surface area contributed by atoms with Crippen molar-refractivity contribution in [1.82, 2.24) is 5.32 Å². The fourth-order valence-electron chi connectivity index (χ4n) is 2.77. The van der Waals surface area contributed by atoms with E-state index < -0.39 is 5.41 Å². The lowest BCUT2D eigenvalue weighted by atomic mass is 9.84. The predicted molar refractivity (Wildman–Crippen MR) is 105 cm³/mol. The highest BCUT2D eigenvalue weighted by molar-refractivity contribution is 5.76. The molecule has 0 spiro atoms. The van der Waals surface area contributed by atoms with E-state index in [-0.39, 0.29) is 11.7 Å². The van der Waals surface area contributed by atoms with Crippen LogP contribution in [-0.4, -0.2) is 25.7 Å². The standard InChI is InChI=1S/C22H28FNO3/c1-4-26-19-12-7-8-13-20(19)27-15-9-14-21(25)24-16-22(2,3)17-10-5-6-11-18(17)23/h5-8,10-13H,4,9,14-16H2,1-3H3,(H,24,25). The molecule has 0 radical (unpaired) electrons. The van der Waals surface area contributed by atoms with Gasteiger partial charge in [-0.1, -0.05) is 44.2 Å². The first-order chi connectivity index (χ1) is 12.9. The topological polar surface area (TPSA) is 47.6 Å². The molecule has 0 bridgehead atoms. The first-order valence-corrected chi connectivity index (χ1v) is 9.30. The fraction of sp³-hybridized carbons (Fsp3) is 0.409. The van der Waals surface area contributed by atoms with Crippen molar-refractivity contribution in [3.63, 3.8) is 0 Å². The van der Waals surface area contributed by atoms with Crippen LogP contribution in [0.5, 0.6) is 11.5 Å². The number of carbonyl (C=O) groups excluding carboxylic acids is 1. The molecule has 0 saturated carbocycles. The average molecular weight is 373 g/mol. The lowest BCUT2D eigenvalue weighted by Crippen LogP contribution is -2.37. The third kappa shape index (κ3) is 6.27. The van der Waals surface area contributed by atoms with Gasteiger partial charge in [0.2, 0.25) is 5.91 Å². The lowest BCUT2D eigenvalue weighted by Gasteiger charge is -2.26. The predicted octanol–water partition coefficient (Wildman–Crippen LogP) is 4.48. The number of amides is 1. The summed E-state index contributed by atoms with van der Waals surface area (Å²) in [5, 5.41) is 2.89. The minimum atomic E-state index is -0.478. The molecule has 2 aromatic carbocycles. The minimum absolute atomic E-state index is 0.0684. The van der Waals surface area contributed by atoms with E-state index >= 15 is 0 Å². The highest BCUT2D eigenvalue weighted by atomic mass is 19.1. The molecule has 0 saturated heterocycles. The van der Waals surface area contributed by atoms with Gasteiger partial charge in [0.1, 0.15) is 5.82 Å². The van der Waals surface area contributed by atoms with E-state index in [1.807, 2.05) is 45.0 Å². The summed E-state index contributed by atoms with van der Waals surface area (Å²) < 4.78 is 25.2. The number of hydrogen-bond donors (Lipinski definition) is 1. The second kappa shape index (κ2) is 9.95. The van der Waals surface area contributed by atoms with Gasteiger partial charge in [-0.2, -0.15) is 0 Å². The largest absolute Gasteiger partial charge is 0.490 e. The second-order valence-corrected chi connectivity index (χ2v) is 6.97. The SMILES string of the molecule is CCOc1ccccc1OCCCC(=O)NCC(C)(C)c1ccccc1F. The van der Waals surface area contributed by atoms with Crippen molar-refractivity contribution < 1.29 is 18.7 Å². The molecule has 0 aliphatic carbocycles. The van der Waals surface area contributed by atoms with Crippen molar-refractivity contribution in [3.05, 3.63) is 59.9 Å². The van der Waals surface area contributed by atoms with Gasteiger partial charge in [0.15, 0.2) is 11.5 Å². The van der Waals surface area contributed by atoms with E-state index in [1.54, 1.807) is 18.2 Å². The van der Waals surface area contributed by atoms with Crippen molar-refractivity contribution in [2.45, 2.75) is 39.0 Å². The van der Waals surface area contributed by atoms with Crippen LogP contribution < -0.4 is 14.8 Å². The summed E-state index contributed by atoms with van der Waals surface area (Å²) in [4.78, 5) is 12.1. The Morgan fingerprint density at radius 3 is 2.33 bits per heavy atom. The molecular formula is C22H28FNO3. The quantitative estimate of drug-likeness (QED) is 0.625. The molecule has 0 heterocycles. The van der Waals surface area contributed by atoms with Crippen LogP contribution in [-0.2, 0) is 10.2 Å². The van der Waals surface area contributed by atoms with Gasteiger partial charge in [0, 0.05) is 18.4 Å². The Morgan fingerprint density at radius 2 is 1.67 bits per heavy atom. The van der Waals surface area contributed by atoms with Crippen LogP contribution in [0.4, 0.5) is 4.39 Å². The van der Waals surface area contributed by atoms with E-state index in [9.17, 15) is 9.18 Å². The summed E-state index contributed by atoms with van der Waals surface area (Å²) in [7, 11) is 0. The summed E-state index contributed by atoms with van der Waals surface area (Å²) in [5.74, 6) is 1.07. The molecule has 27 heavy (non-hydrogen) atoms. The number of ether oxygens (including phenoxy) is 2. The molecule has 0 atom stereocenters. The molecule has 1 amide bonds. The van der Waals surface area contributed by atoms with Crippen LogP contribution >= 0.6 is 0 Å². The lowest BCUT2D eigenvalue weighted by molar-refractivity contribution is -0.121. The summed E-state index contributed by atoms with van der Waals surface area (Å²) >= 11 is 0. The highest BCUT2D eigenvalue weighted by Crippen LogP contribution is 2.27. The summed E-state index contributed by atoms with van der Waals surface area (Å²) in [6.45, 7) is 7.12. The Bertz CT molecular complexity index is 746. The van der Waals surface area contributed by atoms with Crippen molar-refractivity contribution in [1.29, 1.82) is 0 Å². The van der Waals surface area contributed by atoms with Crippen LogP contribution in [0.2, 0.25) is 0 Å². The molecule has 2 aromatic rings. The fourth-order valence-corrected chi connectivity index (χ4v) is 2.77. The van der Waals surface area contributed by atoms with Gasteiger partial charge in [0.05, 0.1) is 13.2 Å². The number of carbonyl (C=O) groups is 1. The van der Waals surface area contributed by atoms with Gasteiger partial charge < -0.3 is 14.8 Å². The molecular weight excluding hydrogens is 345 g/mol. The van der Waals surface area contributed by atoms with Crippen LogP contribution in [0.1, 0.15) is 39.2 Å². The van der Waals surface area contributed by atoms with Crippen molar-refractivity contribution in [2.75, 3.05) is 19.8 Å². The van der Waals surface area contributed by atoms with Crippen LogP contribution in [0, 0.1) is 5.82 Å². The third-order valence-corrected chi connectivity index (χ3v) is 4.29. The zero-order valence-electron chi connectivity index (χ0n) is 16.3. The number of nitrogens with one attached hydrogen (secondary N) is 1. The van der Waals surface area contributed by atoms with Gasteiger partial charge in [-0.15, -0.1) is 0 Å². The molecule has 0 aliphatic heterocycles. The molecule has 0 aromatic heterocycles. The Hall–Kier alpha value is -2.56. The average Bonchev–Trinajstić information content (AvgIpc) is 2.65. The zero-order valence-corrected chi connectivity index (χ0v) is 16.3. The van der Waals surface area contributed by atoms with Gasteiger partial charge in [-0.25, -0.2) is 4.39 Å². The smallest absolute Gasteiger partial charge is 0.220 e. The summed E-state index contributed by atoms with van der Waals surface area (Å²) in [6.07, 6.45) is 0.941. The van der Waals surface area contributed by atoms with Crippen molar-refractivity contribution in [3.8, 4) is 11.5 Å². The van der Waals surface area contributed by atoms with E-state index in [2.05, 4.69) is 5.32 Å².